The van der Waals surface area contributed by atoms with Crippen molar-refractivity contribution in [2.75, 3.05) is 53.5 Å². The first-order chi connectivity index (χ1) is 9.47. The molecule has 7 heteroatoms. The molecule has 0 saturated carbocycles. The van der Waals surface area contributed by atoms with Crippen LogP contribution < -0.4 is 0 Å². The minimum atomic E-state index is -1.01. The zero-order valence-corrected chi connectivity index (χ0v) is 12.5. The lowest BCUT2D eigenvalue weighted by atomic mass is 10.2. The summed E-state index contributed by atoms with van der Waals surface area (Å²) in [7, 11) is 3.97. The quantitative estimate of drug-likeness (QED) is 0.753. The number of carbonyl (C=O) groups excluding carboxylic acids is 1. The Morgan fingerprint density at radius 2 is 2.05 bits per heavy atom. The zero-order valence-electron chi connectivity index (χ0n) is 12.5. The van der Waals surface area contributed by atoms with Crippen LogP contribution >= 0.6 is 0 Å². The molecule has 116 valence electrons. The lowest BCUT2D eigenvalue weighted by Gasteiger charge is -2.36. The lowest BCUT2D eigenvalue weighted by Crippen LogP contribution is -2.56. The molecule has 0 aromatic heterocycles. The maximum Gasteiger partial charge on any atom is 0.328 e. The van der Waals surface area contributed by atoms with Crippen LogP contribution in [0.3, 0.4) is 0 Å². The van der Waals surface area contributed by atoms with E-state index in [9.17, 15) is 9.59 Å². The molecule has 0 radical (unpaired) electrons. The molecule has 0 bridgehead atoms. The van der Waals surface area contributed by atoms with Crippen molar-refractivity contribution in [3.63, 3.8) is 0 Å². The van der Waals surface area contributed by atoms with Crippen molar-refractivity contribution < 1.29 is 19.4 Å². The Bertz CT molecular complexity index is 336. The van der Waals surface area contributed by atoms with Gasteiger partial charge in [0.05, 0.1) is 13.2 Å². The van der Waals surface area contributed by atoms with Crippen molar-refractivity contribution in [3.05, 3.63) is 0 Å². The van der Waals surface area contributed by atoms with E-state index in [-0.39, 0.29) is 12.6 Å². The third kappa shape index (κ3) is 4.64. The zero-order chi connectivity index (χ0) is 15.1. The fourth-order valence-electron chi connectivity index (χ4n) is 2.19. The van der Waals surface area contributed by atoms with E-state index in [1.165, 1.54) is 4.90 Å². The highest BCUT2D eigenvalue weighted by Gasteiger charge is 2.34. The molecule has 20 heavy (non-hydrogen) atoms. The first kappa shape index (κ1) is 16.7. The van der Waals surface area contributed by atoms with Crippen LogP contribution in [0.25, 0.3) is 0 Å². The Morgan fingerprint density at radius 1 is 1.35 bits per heavy atom. The summed E-state index contributed by atoms with van der Waals surface area (Å²) in [6, 6.07) is -1.08. The van der Waals surface area contributed by atoms with Gasteiger partial charge >= 0.3 is 12.0 Å². The van der Waals surface area contributed by atoms with E-state index in [0.717, 1.165) is 13.0 Å². The van der Waals surface area contributed by atoms with Gasteiger partial charge in [0.15, 0.2) is 6.04 Å². The van der Waals surface area contributed by atoms with Crippen molar-refractivity contribution >= 4 is 12.0 Å². The maximum absolute atomic E-state index is 12.4. The molecule has 1 aliphatic rings. The molecule has 1 unspecified atom stereocenters. The van der Waals surface area contributed by atoms with Crippen molar-refractivity contribution in [1.29, 1.82) is 0 Å². The summed E-state index contributed by atoms with van der Waals surface area (Å²) in [6.45, 7) is 4.81. The Kier molecular flexibility index (Phi) is 6.74. The fourth-order valence-corrected chi connectivity index (χ4v) is 2.19. The van der Waals surface area contributed by atoms with Gasteiger partial charge in [-0.25, -0.2) is 9.59 Å². The topological polar surface area (TPSA) is 73.3 Å². The number of amides is 2. The molecule has 1 aliphatic heterocycles. The number of ether oxygens (including phenoxy) is 1. The third-order valence-corrected chi connectivity index (χ3v) is 3.34. The molecular weight excluding hydrogens is 262 g/mol. The number of carboxylic acids is 1. The highest BCUT2D eigenvalue weighted by atomic mass is 16.5. The van der Waals surface area contributed by atoms with E-state index in [4.69, 9.17) is 9.84 Å². The predicted octanol–water partition coefficient (Wildman–Crippen LogP) is 0.165. The van der Waals surface area contributed by atoms with Crippen LogP contribution in [0.1, 0.15) is 13.3 Å². The van der Waals surface area contributed by atoms with Crippen LogP contribution in [0, 0.1) is 0 Å². The van der Waals surface area contributed by atoms with Crippen molar-refractivity contribution in [1.82, 2.24) is 14.7 Å². The maximum atomic E-state index is 12.4. The van der Waals surface area contributed by atoms with Gasteiger partial charge in [-0.2, -0.15) is 0 Å². The summed E-state index contributed by atoms with van der Waals surface area (Å²) in [6.07, 6.45) is 0.870. The molecule has 1 heterocycles. The normalized spacial score (nSPS) is 19.2. The molecule has 0 spiro atoms. The SMILES string of the molecule is CCN(CCCN(C)C)C(=O)N1CCOCC1C(=O)O. The molecule has 1 fully saturated rings. The average Bonchev–Trinajstić information content (AvgIpc) is 2.42. The lowest BCUT2D eigenvalue weighted by molar-refractivity contribution is -0.147. The van der Waals surface area contributed by atoms with Gasteiger partial charge in [0, 0.05) is 19.6 Å². The molecule has 0 aromatic rings. The number of hydrogen-bond donors (Lipinski definition) is 1. The molecule has 1 saturated heterocycles. The summed E-state index contributed by atoms with van der Waals surface area (Å²) < 4.78 is 5.15. The van der Waals surface area contributed by atoms with E-state index in [1.807, 2.05) is 21.0 Å². The average molecular weight is 287 g/mol. The predicted molar refractivity (Wildman–Crippen MR) is 74.8 cm³/mol. The van der Waals surface area contributed by atoms with Crippen LogP contribution in [-0.2, 0) is 9.53 Å². The van der Waals surface area contributed by atoms with Crippen LogP contribution in [0.2, 0.25) is 0 Å². The molecule has 0 aromatic carbocycles. The van der Waals surface area contributed by atoms with Crippen molar-refractivity contribution in [2.45, 2.75) is 19.4 Å². The first-order valence-electron chi connectivity index (χ1n) is 6.98. The Balaban J connectivity index is 2.61. The highest BCUT2D eigenvalue weighted by Crippen LogP contribution is 2.11. The number of urea groups is 1. The van der Waals surface area contributed by atoms with Gasteiger partial charge in [0.25, 0.3) is 0 Å². The van der Waals surface area contributed by atoms with E-state index in [1.54, 1.807) is 4.90 Å². The molecule has 1 atom stereocenters. The van der Waals surface area contributed by atoms with Crippen LogP contribution in [0.15, 0.2) is 0 Å². The van der Waals surface area contributed by atoms with E-state index < -0.39 is 12.0 Å². The Morgan fingerprint density at radius 3 is 2.60 bits per heavy atom. The number of nitrogens with zero attached hydrogens (tertiary/aromatic N) is 3. The number of morpholine rings is 1. The Labute approximate surface area is 120 Å². The van der Waals surface area contributed by atoms with Crippen LogP contribution in [0.4, 0.5) is 4.79 Å². The smallest absolute Gasteiger partial charge is 0.328 e. The van der Waals surface area contributed by atoms with Crippen molar-refractivity contribution in [3.8, 4) is 0 Å². The Hall–Kier alpha value is -1.34. The largest absolute Gasteiger partial charge is 0.480 e. The summed E-state index contributed by atoms with van der Waals surface area (Å²) >= 11 is 0. The van der Waals surface area contributed by atoms with Crippen LogP contribution in [0.5, 0.6) is 0 Å². The van der Waals surface area contributed by atoms with Gasteiger partial charge in [-0.05, 0) is 34.0 Å². The van der Waals surface area contributed by atoms with E-state index >= 15 is 0 Å². The second kappa shape index (κ2) is 8.06. The number of carboxylic acid groups (broad SMARTS) is 1. The number of rotatable bonds is 6. The number of carbonyl (C=O) groups is 2. The second-order valence-corrected chi connectivity index (χ2v) is 5.14. The molecule has 0 aliphatic carbocycles. The van der Waals surface area contributed by atoms with Crippen LogP contribution in [-0.4, -0.2) is 91.3 Å². The number of hydrogen-bond acceptors (Lipinski definition) is 4. The number of aliphatic carboxylic acids is 1. The first-order valence-corrected chi connectivity index (χ1v) is 6.98. The standard InChI is InChI=1S/C13H25N3O4/c1-4-15(7-5-6-14(2)3)13(19)16-8-9-20-10-11(16)12(17)18/h11H,4-10H2,1-3H3,(H,17,18). The molecule has 2 amide bonds. The summed E-state index contributed by atoms with van der Waals surface area (Å²) in [5, 5.41) is 9.16. The third-order valence-electron chi connectivity index (χ3n) is 3.34. The van der Waals surface area contributed by atoms with E-state index in [0.29, 0.717) is 26.2 Å². The summed E-state index contributed by atoms with van der Waals surface area (Å²) in [5.41, 5.74) is 0. The van der Waals surface area contributed by atoms with Crippen molar-refractivity contribution in [2.24, 2.45) is 0 Å². The molecule has 1 N–H and O–H groups in total. The minimum absolute atomic E-state index is 0.0658. The van der Waals surface area contributed by atoms with Gasteiger partial charge in [0.2, 0.25) is 0 Å². The monoisotopic (exact) mass is 287 g/mol. The summed E-state index contributed by atoms with van der Waals surface area (Å²) in [4.78, 5) is 28.8. The molecule has 1 rings (SSSR count). The van der Waals surface area contributed by atoms with Gasteiger partial charge < -0.3 is 24.5 Å². The van der Waals surface area contributed by atoms with Gasteiger partial charge in [-0.3, -0.25) is 0 Å². The van der Waals surface area contributed by atoms with Gasteiger partial charge in [0.1, 0.15) is 0 Å². The fraction of sp³-hybridized carbons (Fsp3) is 0.846. The molecular formula is C13H25N3O4. The molecule has 7 nitrogen and oxygen atoms in total. The minimum Gasteiger partial charge on any atom is -0.480 e. The second-order valence-electron chi connectivity index (χ2n) is 5.14. The highest BCUT2D eigenvalue weighted by molar-refractivity contribution is 5.83. The van der Waals surface area contributed by atoms with E-state index in [2.05, 4.69) is 4.90 Å². The van der Waals surface area contributed by atoms with Gasteiger partial charge in [-0.15, -0.1) is 0 Å². The van der Waals surface area contributed by atoms with Gasteiger partial charge in [-0.1, -0.05) is 0 Å². The summed E-state index contributed by atoms with van der Waals surface area (Å²) in [5.74, 6) is -1.01.